The van der Waals surface area contributed by atoms with Crippen LogP contribution >= 0.6 is 0 Å². The number of carbonyl (C=O) groups excluding carboxylic acids is 1. The van der Waals surface area contributed by atoms with Gasteiger partial charge in [-0.3, -0.25) is 4.79 Å². The van der Waals surface area contributed by atoms with Gasteiger partial charge in [0.15, 0.2) is 0 Å². The summed E-state index contributed by atoms with van der Waals surface area (Å²) in [7, 11) is 0. The minimum atomic E-state index is 0.192. The minimum absolute atomic E-state index is 0.192. The molecule has 1 heterocycles. The van der Waals surface area contributed by atoms with E-state index in [1.165, 1.54) is 44.1 Å². The fraction of sp³-hybridized carbons (Fsp3) is 0.667. The van der Waals surface area contributed by atoms with Crippen molar-refractivity contribution in [2.24, 2.45) is 17.8 Å². The highest BCUT2D eigenvalue weighted by molar-refractivity contribution is 5.76. The van der Waals surface area contributed by atoms with Crippen LogP contribution in [0.2, 0.25) is 0 Å². The van der Waals surface area contributed by atoms with Crippen molar-refractivity contribution in [2.45, 2.75) is 57.9 Å². The normalized spacial score (nSPS) is 24.5. The first kappa shape index (κ1) is 17.5. The predicted octanol–water partition coefficient (Wildman–Crippen LogP) is 4.06. The number of rotatable bonds is 6. The van der Waals surface area contributed by atoms with Crippen LogP contribution in [0.4, 0.5) is 0 Å². The first-order valence-electron chi connectivity index (χ1n) is 9.79. The molecule has 0 aromatic heterocycles. The van der Waals surface area contributed by atoms with E-state index in [2.05, 4.69) is 47.9 Å². The molecule has 3 rings (SSSR count). The molecule has 0 radical (unpaired) electrons. The van der Waals surface area contributed by atoms with Crippen LogP contribution in [0.1, 0.15) is 63.5 Å². The first-order valence-corrected chi connectivity index (χ1v) is 9.79. The third kappa shape index (κ3) is 4.60. The van der Waals surface area contributed by atoms with Crippen molar-refractivity contribution >= 4 is 5.91 Å². The third-order valence-corrected chi connectivity index (χ3v) is 5.99. The average Bonchev–Trinajstić information content (AvgIpc) is 3.15. The van der Waals surface area contributed by atoms with Crippen LogP contribution in [0.15, 0.2) is 30.3 Å². The molecule has 24 heavy (non-hydrogen) atoms. The molecule has 0 bridgehead atoms. The van der Waals surface area contributed by atoms with Crippen LogP contribution in [0, 0.1) is 17.8 Å². The lowest BCUT2D eigenvalue weighted by molar-refractivity contribution is -0.123. The molecule has 2 aliphatic rings. The van der Waals surface area contributed by atoms with Crippen LogP contribution in [0.3, 0.4) is 0 Å². The van der Waals surface area contributed by atoms with Gasteiger partial charge in [0.1, 0.15) is 0 Å². The maximum absolute atomic E-state index is 12.7. The van der Waals surface area contributed by atoms with E-state index in [1.807, 2.05) is 0 Å². The monoisotopic (exact) mass is 328 g/mol. The van der Waals surface area contributed by atoms with Crippen molar-refractivity contribution in [3.8, 4) is 0 Å². The quantitative estimate of drug-likeness (QED) is 0.827. The van der Waals surface area contributed by atoms with Gasteiger partial charge < -0.3 is 10.6 Å². The second-order valence-electron chi connectivity index (χ2n) is 7.79. The summed E-state index contributed by atoms with van der Waals surface area (Å²) in [5.41, 5.74) is 1.27. The molecule has 1 saturated heterocycles. The fourth-order valence-corrected chi connectivity index (χ4v) is 4.48. The van der Waals surface area contributed by atoms with Crippen LogP contribution in [0.5, 0.6) is 0 Å². The molecule has 3 unspecified atom stereocenters. The molecule has 1 amide bonds. The highest BCUT2D eigenvalue weighted by atomic mass is 16.1. The molecule has 3 heteroatoms. The molecular formula is C21H32N2O. The van der Waals surface area contributed by atoms with Crippen molar-refractivity contribution < 1.29 is 4.79 Å². The molecule has 2 N–H and O–H groups in total. The molecular weight excluding hydrogens is 296 g/mol. The highest BCUT2D eigenvalue weighted by Crippen LogP contribution is 2.36. The van der Waals surface area contributed by atoms with E-state index in [0.717, 1.165) is 13.1 Å². The smallest absolute Gasteiger partial charge is 0.220 e. The Balaban J connectivity index is 1.60. The topological polar surface area (TPSA) is 41.1 Å². The van der Waals surface area contributed by atoms with Gasteiger partial charge in [0.05, 0.1) is 6.04 Å². The largest absolute Gasteiger partial charge is 0.349 e. The summed E-state index contributed by atoms with van der Waals surface area (Å²) in [6, 6.07) is 10.7. The summed E-state index contributed by atoms with van der Waals surface area (Å²) in [4.78, 5) is 12.7. The number of amides is 1. The molecule has 3 nitrogen and oxygen atoms in total. The van der Waals surface area contributed by atoms with Gasteiger partial charge in [-0.15, -0.1) is 0 Å². The van der Waals surface area contributed by atoms with Gasteiger partial charge in [0.2, 0.25) is 5.91 Å². The lowest BCUT2D eigenvalue weighted by Crippen LogP contribution is -2.37. The Morgan fingerprint density at radius 2 is 1.83 bits per heavy atom. The number of hydrogen-bond donors (Lipinski definition) is 2. The summed E-state index contributed by atoms with van der Waals surface area (Å²) >= 11 is 0. The maximum Gasteiger partial charge on any atom is 0.220 e. The second kappa shape index (κ2) is 8.66. The lowest BCUT2D eigenvalue weighted by Gasteiger charge is -2.30. The lowest BCUT2D eigenvalue weighted by atomic mass is 9.85. The summed E-state index contributed by atoms with van der Waals surface area (Å²) in [6.45, 7) is 4.44. The van der Waals surface area contributed by atoms with Crippen LogP contribution in [-0.4, -0.2) is 19.0 Å². The third-order valence-electron chi connectivity index (χ3n) is 5.99. The number of hydrogen-bond acceptors (Lipinski definition) is 2. The van der Waals surface area contributed by atoms with Crippen LogP contribution < -0.4 is 10.6 Å². The van der Waals surface area contributed by atoms with Crippen molar-refractivity contribution in [3.05, 3.63) is 35.9 Å². The summed E-state index contributed by atoms with van der Waals surface area (Å²) in [5, 5.41) is 6.85. The van der Waals surface area contributed by atoms with Gasteiger partial charge in [-0.1, -0.05) is 50.1 Å². The van der Waals surface area contributed by atoms with Crippen molar-refractivity contribution in [1.82, 2.24) is 10.6 Å². The Morgan fingerprint density at radius 1 is 1.12 bits per heavy atom. The molecule has 1 aliphatic heterocycles. The van der Waals surface area contributed by atoms with Crippen LogP contribution in [-0.2, 0) is 4.79 Å². The molecule has 2 fully saturated rings. The predicted molar refractivity (Wildman–Crippen MR) is 98.7 cm³/mol. The summed E-state index contributed by atoms with van der Waals surface area (Å²) < 4.78 is 0. The van der Waals surface area contributed by atoms with E-state index in [9.17, 15) is 4.79 Å². The molecule has 0 spiro atoms. The van der Waals surface area contributed by atoms with Crippen molar-refractivity contribution in [2.75, 3.05) is 13.1 Å². The zero-order valence-electron chi connectivity index (χ0n) is 15.0. The molecule has 3 atom stereocenters. The zero-order valence-corrected chi connectivity index (χ0v) is 15.0. The Labute approximate surface area is 146 Å². The van der Waals surface area contributed by atoms with E-state index in [0.29, 0.717) is 24.2 Å². The molecule has 1 aromatic rings. The molecule has 1 saturated carbocycles. The Bertz CT molecular complexity index is 504. The fourth-order valence-electron chi connectivity index (χ4n) is 4.48. The van der Waals surface area contributed by atoms with Crippen molar-refractivity contribution in [3.63, 3.8) is 0 Å². The Morgan fingerprint density at radius 3 is 2.50 bits per heavy atom. The van der Waals surface area contributed by atoms with E-state index in [4.69, 9.17) is 0 Å². The van der Waals surface area contributed by atoms with E-state index >= 15 is 0 Å². The summed E-state index contributed by atoms with van der Waals surface area (Å²) in [6.07, 6.45) is 8.23. The van der Waals surface area contributed by atoms with Gasteiger partial charge in [0, 0.05) is 6.42 Å². The number of benzene rings is 1. The summed E-state index contributed by atoms with van der Waals surface area (Å²) in [5.74, 6) is 1.93. The second-order valence-corrected chi connectivity index (χ2v) is 7.79. The van der Waals surface area contributed by atoms with E-state index < -0.39 is 0 Å². The first-order chi connectivity index (χ1) is 11.7. The molecule has 132 valence electrons. The van der Waals surface area contributed by atoms with E-state index in [1.54, 1.807) is 0 Å². The minimum Gasteiger partial charge on any atom is -0.349 e. The highest BCUT2D eigenvalue weighted by Gasteiger charge is 2.29. The van der Waals surface area contributed by atoms with Gasteiger partial charge in [-0.25, -0.2) is 0 Å². The standard InChI is InChI=1S/C21H32N2O/c1-16(19-12-7-13-22-15-19)14-20(24)23-21(18-10-5-6-11-18)17-8-3-2-4-9-17/h2-4,8-9,16,18-19,21-22H,5-7,10-15H2,1H3,(H,23,24). The SMILES string of the molecule is CC(CC(=O)NC(c1ccccc1)C1CCCC1)C1CCCNC1. The van der Waals surface area contributed by atoms with Gasteiger partial charge in [-0.05, 0) is 62.1 Å². The number of carbonyl (C=O) groups is 1. The molecule has 1 aromatic carbocycles. The van der Waals surface area contributed by atoms with Crippen molar-refractivity contribution in [1.29, 1.82) is 0 Å². The van der Waals surface area contributed by atoms with Crippen LogP contribution in [0.25, 0.3) is 0 Å². The van der Waals surface area contributed by atoms with E-state index in [-0.39, 0.29) is 11.9 Å². The zero-order chi connectivity index (χ0) is 16.8. The maximum atomic E-state index is 12.7. The Kier molecular flexibility index (Phi) is 6.30. The van der Waals surface area contributed by atoms with Gasteiger partial charge in [0.25, 0.3) is 0 Å². The Hall–Kier alpha value is -1.35. The number of piperidine rings is 1. The van der Waals surface area contributed by atoms with Gasteiger partial charge >= 0.3 is 0 Å². The number of nitrogens with one attached hydrogen (secondary N) is 2. The average molecular weight is 329 g/mol. The van der Waals surface area contributed by atoms with Gasteiger partial charge in [-0.2, -0.15) is 0 Å². The molecule has 1 aliphatic carbocycles.